The van der Waals surface area contributed by atoms with Crippen LogP contribution < -0.4 is 25.4 Å². The van der Waals surface area contributed by atoms with Gasteiger partial charge in [0.25, 0.3) is 5.91 Å². The van der Waals surface area contributed by atoms with E-state index in [1.165, 1.54) is 17.5 Å². The molecule has 0 spiro atoms. The van der Waals surface area contributed by atoms with Crippen molar-refractivity contribution in [3.05, 3.63) is 101 Å². The number of β-amino-alcohol motifs (C(OH)–C–C–N with tert-alkyl or cyclic N) is 1. The van der Waals surface area contributed by atoms with Crippen LogP contribution in [-0.4, -0.2) is 102 Å². The summed E-state index contributed by atoms with van der Waals surface area (Å²) in [5.41, 5.74) is 2.14. The number of oxazole rings is 1. The first kappa shape index (κ1) is 49.7. The van der Waals surface area contributed by atoms with Crippen LogP contribution >= 0.6 is 11.6 Å². The van der Waals surface area contributed by atoms with Gasteiger partial charge in [0.15, 0.2) is 12.2 Å². The Kier molecular flexibility index (Phi) is 15.7. The summed E-state index contributed by atoms with van der Waals surface area (Å²) in [4.78, 5) is 59.3. The molecule has 1 aliphatic heterocycles. The number of nitrogens with one attached hydrogen (secondary N) is 4. The standard InChI is InChI=1S/C50H63ClN6O9/c1-30-41(65-29-54-30)32-13-11-31(12-14-32)26-53-44(61)39-23-35(58)27-57(39)45(62)42(48(2,3)4)55-40(59)28-63-21-9-10-22-64-36-18-15-33(16-19-36)43(60)56-46-49(5,6)47(50(46,7)8)66-37-20-17-34(25-52)38(51)24-37/h11-20,24-25,29,35,39,42,46-47,52,58H,9-10,21-23,26-28H2,1-8H3,(H,53,61)(H,55,59)(H,56,60)/t35-,39+,42-,46-,47-/m1/s1. The Morgan fingerprint density at radius 3 is 2.27 bits per heavy atom. The van der Waals surface area contributed by atoms with Crippen molar-refractivity contribution in [3.8, 4) is 22.8 Å². The molecule has 0 unspecified atom stereocenters. The number of aliphatic hydroxyl groups is 1. The van der Waals surface area contributed by atoms with Crippen LogP contribution in [0.25, 0.3) is 11.3 Å². The molecule has 2 aliphatic rings. The lowest BCUT2D eigenvalue weighted by molar-refractivity contribution is -0.164. The average molecular weight is 928 g/mol. The summed E-state index contributed by atoms with van der Waals surface area (Å²) in [6.07, 6.45) is 2.86. The SMILES string of the molecule is Cc1ncoc1-c1ccc(CNC(=O)[C@@H]2C[C@@H](O)CN2C(=O)[C@@H](NC(=O)COCCCCOc2ccc(C(=O)N[C@H]3C(C)(C)[C@H](Oc4ccc(C=N)c(Cl)c4)C3(C)C)cc2)C(C)(C)C)cc1. The molecule has 0 radical (unpaired) electrons. The summed E-state index contributed by atoms with van der Waals surface area (Å²) in [6.45, 7) is 16.2. The van der Waals surface area contributed by atoms with Gasteiger partial charge in [-0.25, -0.2) is 4.98 Å². The fourth-order valence-electron chi connectivity index (χ4n) is 9.20. The van der Waals surface area contributed by atoms with Crippen LogP contribution in [0.4, 0.5) is 0 Å². The van der Waals surface area contributed by atoms with Crippen molar-refractivity contribution in [2.24, 2.45) is 16.2 Å². The van der Waals surface area contributed by atoms with Gasteiger partial charge in [0.05, 0.1) is 23.4 Å². The number of halogens is 1. The van der Waals surface area contributed by atoms with E-state index in [4.69, 9.17) is 35.6 Å². The number of ether oxygens (including phenoxy) is 3. The Labute approximate surface area is 391 Å². The summed E-state index contributed by atoms with van der Waals surface area (Å²) < 4.78 is 23.4. The minimum atomic E-state index is -0.972. The third kappa shape index (κ3) is 11.6. The summed E-state index contributed by atoms with van der Waals surface area (Å²) in [6, 6.07) is 17.7. The Morgan fingerprint density at radius 2 is 1.65 bits per heavy atom. The van der Waals surface area contributed by atoms with E-state index >= 15 is 0 Å². The van der Waals surface area contributed by atoms with Gasteiger partial charge in [0.1, 0.15) is 36.3 Å². The average Bonchev–Trinajstić information content (AvgIpc) is 3.89. The second kappa shape index (κ2) is 20.8. The van der Waals surface area contributed by atoms with Crippen molar-refractivity contribution in [3.63, 3.8) is 0 Å². The molecule has 4 aromatic rings. The Bertz CT molecular complexity index is 2340. The van der Waals surface area contributed by atoms with Gasteiger partial charge < -0.3 is 50.0 Å². The summed E-state index contributed by atoms with van der Waals surface area (Å²) in [5.74, 6) is 0.395. The molecule has 15 nitrogen and oxygen atoms in total. The number of hydrogen-bond donors (Lipinski definition) is 5. The number of benzene rings is 3. The van der Waals surface area contributed by atoms with Gasteiger partial charge in [-0.2, -0.15) is 0 Å². The molecule has 6 rings (SSSR count). The van der Waals surface area contributed by atoms with Gasteiger partial charge in [0.2, 0.25) is 17.7 Å². The molecule has 354 valence electrons. The van der Waals surface area contributed by atoms with Crippen molar-refractivity contribution in [2.45, 2.75) is 112 Å². The van der Waals surface area contributed by atoms with Crippen molar-refractivity contribution in [1.82, 2.24) is 25.8 Å². The first-order valence-electron chi connectivity index (χ1n) is 22.3. The van der Waals surface area contributed by atoms with Crippen LogP contribution in [0.1, 0.15) is 94.9 Å². The minimum absolute atomic E-state index is 0.0288. The molecule has 0 bridgehead atoms. The zero-order valence-corrected chi connectivity index (χ0v) is 39.8. The third-order valence-corrected chi connectivity index (χ3v) is 12.8. The van der Waals surface area contributed by atoms with Crippen LogP contribution in [0.2, 0.25) is 5.02 Å². The summed E-state index contributed by atoms with van der Waals surface area (Å²) in [5, 5.41) is 27.4. The maximum absolute atomic E-state index is 14.0. The van der Waals surface area contributed by atoms with E-state index in [9.17, 15) is 24.3 Å². The number of likely N-dealkylation sites (tertiary alicyclic amines) is 1. The molecule has 3 aromatic carbocycles. The van der Waals surface area contributed by atoms with E-state index in [0.717, 1.165) is 16.8 Å². The number of nitrogens with zero attached hydrogens (tertiary/aromatic N) is 2. The molecule has 2 heterocycles. The van der Waals surface area contributed by atoms with Gasteiger partial charge >= 0.3 is 0 Å². The van der Waals surface area contributed by atoms with Crippen LogP contribution in [-0.2, 0) is 25.7 Å². The van der Waals surface area contributed by atoms with E-state index in [0.29, 0.717) is 52.9 Å². The number of amides is 4. The number of aliphatic hydroxyl groups excluding tert-OH is 1. The Hall–Kier alpha value is -5.77. The molecule has 1 saturated carbocycles. The summed E-state index contributed by atoms with van der Waals surface area (Å²) in [7, 11) is 0. The highest BCUT2D eigenvalue weighted by molar-refractivity contribution is 6.33. The fraction of sp³-hybridized carbons (Fsp3) is 0.480. The molecule has 1 aliphatic carbocycles. The zero-order chi connectivity index (χ0) is 48.0. The van der Waals surface area contributed by atoms with Crippen molar-refractivity contribution in [1.29, 1.82) is 5.41 Å². The predicted octanol–water partition coefficient (Wildman–Crippen LogP) is 6.90. The lowest BCUT2D eigenvalue weighted by Gasteiger charge is -2.63. The number of unbranched alkanes of at least 4 members (excludes halogenated alkanes) is 1. The van der Waals surface area contributed by atoms with E-state index < -0.39 is 41.3 Å². The number of carbonyl (C=O) groups is 4. The normalized spacial score (nSPS) is 20.1. The number of carbonyl (C=O) groups excluding carboxylic acids is 4. The number of hydrogen-bond acceptors (Lipinski definition) is 11. The molecule has 66 heavy (non-hydrogen) atoms. The highest BCUT2D eigenvalue weighted by Crippen LogP contribution is 2.55. The first-order chi connectivity index (χ1) is 31.2. The third-order valence-electron chi connectivity index (χ3n) is 12.5. The highest BCUT2D eigenvalue weighted by Gasteiger charge is 2.64. The molecule has 5 N–H and O–H groups in total. The van der Waals surface area contributed by atoms with Crippen molar-refractivity contribution < 1.29 is 42.9 Å². The van der Waals surface area contributed by atoms with Gasteiger partial charge in [0, 0.05) is 65.9 Å². The molecule has 3 atom stereocenters. The topological polar surface area (TPSA) is 205 Å². The maximum Gasteiger partial charge on any atom is 0.251 e. The van der Waals surface area contributed by atoms with E-state index in [1.807, 2.05) is 52.0 Å². The van der Waals surface area contributed by atoms with Crippen LogP contribution in [0.5, 0.6) is 11.5 Å². The van der Waals surface area contributed by atoms with Gasteiger partial charge in [-0.3, -0.25) is 19.2 Å². The van der Waals surface area contributed by atoms with Crippen molar-refractivity contribution >= 4 is 41.4 Å². The zero-order valence-electron chi connectivity index (χ0n) is 39.0. The first-order valence-corrected chi connectivity index (χ1v) is 22.7. The molecule has 2 fully saturated rings. The molecule has 1 saturated heterocycles. The largest absolute Gasteiger partial charge is 0.494 e. The van der Waals surface area contributed by atoms with Crippen LogP contribution in [0.15, 0.2) is 77.5 Å². The molecule has 1 aromatic heterocycles. The van der Waals surface area contributed by atoms with Gasteiger partial charge in [-0.15, -0.1) is 0 Å². The van der Waals surface area contributed by atoms with E-state index in [2.05, 4.69) is 48.6 Å². The number of rotatable bonds is 19. The highest BCUT2D eigenvalue weighted by atomic mass is 35.5. The summed E-state index contributed by atoms with van der Waals surface area (Å²) >= 11 is 6.30. The Morgan fingerprint density at radius 1 is 0.985 bits per heavy atom. The van der Waals surface area contributed by atoms with Crippen molar-refractivity contribution in [2.75, 3.05) is 26.4 Å². The smallest absolute Gasteiger partial charge is 0.251 e. The molecule has 4 amide bonds. The Balaban J connectivity index is 0.895. The number of aryl methyl sites for hydroxylation is 1. The predicted molar refractivity (Wildman–Crippen MR) is 251 cm³/mol. The monoisotopic (exact) mass is 926 g/mol. The fourth-order valence-corrected chi connectivity index (χ4v) is 9.42. The molecular formula is C50H63ClN6O9. The second-order valence-electron chi connectivity index (χ2n) is 19.5. The van der Waals surface area contributed by atoms with Gasteiger partial charge in [-0.1, -0.05) is 84.3 Å². The molecule has 16 heteroatoms. The lowest BCUT2D eigenvalue weighted by Crippen LogP contribution is -2.74. The second-order valence-corrected chi connectivity index (χ2v) is 19.9. The minimum Gasteiger partial charge on any atom is -0.494 e. The van der Waals surface area contributed by atoms with Crippen LogP contribution in [0.3, 0.4) is 0 Å². The van der Waals surface area contributed by atoms with E-state index in [-0.39, 0.29) is 61.6 Å². The van der Waals surface area contributed by atoms with E-state index in [1.54, 1.807) is 42.5 Å². The lowest BCUT2D eigenvalue weighted by atomic mass is 9.49. The quantitative estimate of drug-likeness (QED) is 0.0486. The van der Waals surface area contributed by atoms with Crippen LogP contribution in [0, 0.1) is 28.6 Å². The van der Waals surface area contributed by atoms with Gasteiger partial charge in [-0.05, 0) is 73.2 Å². The maximum atomic E-state index is 14.0. The molecular weight excluding hydrogens is 864 g/mol. The number of aromatic nitrogens is 1.